The van der Waals surface area contributed by atoms with Crippen LogP contribution in [0, 0.1) is 0 Å². The van der Waals surface area contributed by atoms with Gasteiger partial charge in [-0.25, -0.2) is 21.6 Å². The lowest BCUT2D eigenvalue weighted by Crippen LogP contribution is -2.43. The highest BCUT2D eigenvalue weighted by atomic mass is 32.2. The summed E-state index contributed by atoms with van der Waals surface area (Å²) in [6.07, 6.45) is 0. The van der Waals surface area contributed by atoms with Crippen molar-refractivity contribution in [2.75, 3.05) is 52.8 Å². The van der Waals surface area contributed by atoms with Crippen molar-refractivity contribution in [2.45, 2.75) is 4.90 Å². The number of rotatable bonds is 8. The molecular weight excluding hydrogens is 372 g/mol. The van der Waals surface area contributed by atoms with Crippen LogP contribution in [0.5, 0.6) is 11.5 Å². The Kier molecular flexibility index (Phi) is 6.63. The summed E-state index contributed by atoms with van der Waals surface area (Å²) < 4.78 is 67.9. The predicted octanol–water partition coefficient (Wildman–Crippen LogP) is -0.356. The Morgan fingerprint density at radius 3 is 2.32 bits per heavy atom. The minimum absolute atomic E-state index is 0.0334. The van der Waals surface area contributed by atoms with Gasteiger partial charge >= 0.3 is 0 Å². The first kappa shape index (κ1) is 19.9. The van der Waals surface area contributed by atoms with Gasteiger partial charge in [-0.15, -0.1) is 0 Å². The summed E-state index contributed by atoms with van der Waals surface area (Å²) in [6, 6.07) is 4.15. The summed E-state index contributed by atoms with van der Waals surface area (Å²) in [7, 11) is -4.55. The molecule has 1 heterocycles. The SMILES string of the molecule is COc1ccc(S(=O)(=O)NCCS(=O)(=O)N2CCOCC2)cc1OC. The van der Waals surface area contributed by atoms with E-state index in [0.717, 1.165) is 0 Å². The van der Waals surface area contributed by atoms with E-state index in [4.69, 9.17) is 14.2 Å². The topological polar surface area (TPSA) is 111 Å². The molecule has 2 rings (SSSR count). The Balaban J connectivity index is 2.02. The fraction of sp³-hybridized carbons (Fsp3) is 0.571. The lowest BCUT2D eigenvalue weighted by Gasteiger charge is -2.26. The van der Waals surface area contributed by atoms with E-state index in [0.29, 0.717) is 19.0 Å². The average Bonchev–Trinajstić information content (AvgIpc) is 2.61. The van der Waals surface area contributed by atoms with Crippen LogP contribution in [0.1, 0.15) is 0 Å². The molecule has 0 saturated carbocycles. The third kappa shape index (κ3) is 5.05. The van der Waals surface area contributed by atoms with Gasteiger partial charge in [0.1, 0.15) is 0 Å². The van der Waals surface area contributed by atoms with E-state index in [9.17, 15) is 16.8 Å². The molecule has 1 aliphatic rings. The lowest BCUT2D eigenvalue weighted by molar-refractivity contribution is 0.0730. The molecule has 1 saturated heterocycles. The van der Waals surface area contributed by atoms with Crippen LogP contribution in [0.4, 0.5) is 0 Å². The van der Waals surface area contributed by atoms with E-state index in [1.165, 1.54) is 36.7 Å². The van der Waals surface area contributed by atoms with E-state index in [1.807, 2.05) is 0 Å². The van der Waals surface area contributed by atoms with Gasteiger partial charge in [0.25, 0.3) is 0 Å². The van der Waals surface area contributed by atoms with Crippen LogP contribution in [-0.4, -0.2) is 74.0 Å². The number of methoxy groups -OCH3 is 2. The van der Waals surface area contributed by atoms with Crippen LogP contribution < -0.4 is 14.2 Å². The molecule has 142 valence electrons. The Bertz CT molecular complexity index is 787. The summed E-state index contributed by atoms with van der Waals surface area (Å²) in [5, 5.41) is 0. The third-order valence-corrected chi connectivity index (χ3v) is 7.01. The Morgan fingerprint density at radius 1 is 1.08 bits per heavy atom. The number of ether oxygens (including phenoxy) is 3. The first-order valence-corrected chi connectivity index (χ1v) is 10.7. The van der Waals surface area contributed by atoms with E-state index >= 15 is 0 Å². The molecule has 0 aliphatic carbocycles. The molecule has 0 aromatic heterocycles. The summed E-state index contributed by atoms with van der Waals surface area (Å²) in [5.74, 6) is 0.349. The predicted molar refractivity (Wildman–Crippen MR) is 90.9 cm³/mol. The van der Waals surface area contributed by atoms with Gasteiger partial charge in [0.2, 0.25) is 20.0 Å². The van der Waals surface area contributed by atoms with Crippen LogP contribution in [0.3, 0.4) is 0 Å². The van der Waals surface area contributed by atoms with Crippen LogP contribution in [0.2, 0.25) is 0 Å². The zero-order chi connectivity index (χ0) is 18.5. The Morgan fingerprint density at radius 2 is 1.72 bits per heavy atom. The maximum absolute atomic E-state index is 12.3. The molecule has 1 fully saturated rings. The monoisotopic (exact) mass is 394 g/mol. The van der Waals surface area contributed by atoms with Gasteiger partial charge in [-0.05, 0) is 12.1 Å². The summed E-state index contributed by atoms with van der Waals surface area (Å²) >= 11 is 0. The fourth-order valence-electron chi connectivity index (χ4n) is 2.33. The molecular formula is C14H22N2O7S2. The summed E-state index contributed by atoms with van der Waals surface area (Å²) in [5.41, 5.74) is 0. The number of nitrogens with one attached hydrogen (secondary N) is 1. The van der Waals surface area contributed by atoms with Gasteiger partial charge in [-0.1, -0.05) is 0 Å². The molecule has 0 spiro atoms. The maximum Gasteiger partial charge on any atom is 0.240 e. The smallest absolute Gasteiger partial charge is 0.240 e. The highest BCUT2D eigenvalue weighted by Crippen LogP contribution is 2.29. The molecule has 1 aromatic carbocycles. The van der Waals surface area contributed by atoms with Gasteiger partial charge in [-0.2, -0.15) is 4.31 Å². The number of sulfonamides is 2. The van der Waals surface area contributed by atoms with Crippen LogP contribution in [0.15, 0.2) is 23.1 Å². The number of hydrogen-bond donors (Lipinski definition) is 1. The van der Waals surface area contributed by atoms with Gasteiger partial charge < -0.3 is 14.2 Å². The minimum Gasteiger partial charge on any atom is -0.493 e. The van der Waals surface area contributed by atoms with Crippen molar-refractivity contribution >= 4 is 20.0 Å². The Labute approximate surface area is 148 Å². The number of benzene rings is 1. The van der Waals surface area contributed by atoms with Crippen molar-refractivity contribution in [3.63, 3.8) is 0 Å². The first-order chi connectivity index (χ1) is 11.8. The maximum atomic E-state index is 12.3. The molecule has 1 N–H and O–H groups in total. The molecule has 1 aromatic rings. The van der Waals surface area contributed by atoms with E-state index < -0.39 is 20.0 Å². The van der Waals surface area contributed by atoms with Crippen molar-refractivity contribution in [1.29, 1.82) is 0 Å². The van der Waals surface area contributed by atoms with Crippen LogP contribution in [-0.2, 0) is 24.8 Å². The fourth-order valence-corrected chi connectivity index (χ4v) is 4.83. The molecule has 1 aliphatic heterocycles. The zero-order valence-corrected chi connectivity index (χ0v) is 15.7. The average molecular weight is 394 g/mol. The molecule has 0 amide bonds. The van der Waals surface area contributed by atoms with Gasteiger partial charge in [0.05, 0.1) is 38.1 Å². The van der Waals surface area contributed by atoms with Crippen molar-refractivity contribution < 1.29 is 31.0 Å². The molecule has 0 radical (unpaired) electrons. The van der Waals surface area contributed by atoms with Crippen molar-refractivity contribution in [3.05, 3.63) is 18.2 Å². The van der Waals surface area contributed by atoms with Gasteiger partial charge in [0.15, 0.2) is 11.5 Å². The van der Waals surface area contributed by atoms with E-state index in [-0.39, 0.29) is 36.0 Å². The number of nitrogens with zero attached hydrogens (tertiary/aromatic N) is 1. The molecule has 0 bridgehead atoms. The first-order valence-electron chi connectivity index (χ1n) is 7.57. The highest BCUT2D eigenvalue weighted by Gasteiger charge is 2.25. The van der Waals surface area contributed by atoms with Crippen molar-refractivity contribution in [3.8, 4) is 11.5 Å². The Hall–Kier alpha value is -1.40. The molecule has 0 atom stereocenters. The lowest BCUT2D eigenvalue weighted by atomic mass is 10.3. The van der Waals surface area contributed by atoms with E-state index in [2.05, 4.69) is 4.72 Å². The number of hydrogen-bond acceptors (Lipinski definition) is 7. The number of morpholine rings is 1. The largest absolute Gasteiger partial charge is 0.493 e. The normalized spacial score (nSPS) is 16.6. The van der Waals surface area contributed by atoms with E-state index in [1.54, 1.807) is 0 Å². The van der Waals surface area contributed by atoms with Crippen molar-refractivity contribution in [1.82, 2.24) is 9.03 Å². The van der Waals surface area contributed by atoms with Crippen molar-refractivity contribution in [2.24, 2.45) is 0 Å². The standard InChI is InChI=1S/C14H22N2O7S2/c1-21-13-4-3-12(11-14(13)22-2)25(19,20)15-5-10-24(17,18)16-6-8-23-9-7-16/h3-4,11,15H,5-10H2,1-2H3. The molecule has 9 nitrogen and oxygen atoms in total. The quantitative estimate of drug-likeness (QED) is 0.641. The highest BCUT2D eigenvalue weighted by molar-refractivity contribution is 7.90. The molecule has 0 unspecified atom stereocenters. The summed E-state index contributed by atoms with van der Waals surface area (Å²) in [4.78, 5) is -0.0334. The molecule has 25 heavy (non-hydrogen) atoms. The second-order valence-corrected chi connectivity index (χ2v) is 9.10. The van der Waals surface area contributed by atoms with Crippen LogP contribution >= 0.6 is 0 Å². The van der Waals surface area contributed by atoms with Crippen LogP contribution in [0.25, 0.3) is 0 Å². The van der Waals surface area contributed by atoms with Gasteiger partial charge in [0, 0.05) is 25.7 Å². The second kappa shape index (κ2) is 8.32. The zero-order valence-electron chi connectivity index (χ0n) is 14.1. The minimum atomic E-state index is -3.86. The summed E-state index contributed by atoms with van der Waals surface area (Å²) in [6.45, 7) is 1.03. The second-order valence-electron chi connectivity index (χ2n) is 5.24. The van der Waals surface area contributed by atoms with Gasteiger partial charge in [-0.3, -0.25) is 0 Å². The molecule has 11 heteroatoms. The third-order valence-electron chi connectivity index (χ3n) is 3.68.